The minimum atomic E-state index is 0.0615. The minimum absolute atomic E-state index is 0.0615. The van der Waals surface area contributed by atoms with Gasteiger partial charge in [-0.05, 0) is 39.5 Å². The first-order valence-electron chi connectivity index (χ1n) is 4.73. The van der Waals surface area contributed by atoms with E-state index >= 15 is 0 Å². The average molecular weight is 163 g/mol. The third-order valence-corrected chi connectivity index (χ3v) is 2.72. The smallest absolute Gasteiger partial charge is 0.0689 e. The Hall–Kier alpha value is -0.770. The molecule has 0 aromatic carbocycles. The first-order chi connectivity index (χ1) is 5.68. The van der Waals surface area contributed by atoms with Gasteiger partial charge >= 0.3 is 0 Å². The minimum Gasteiger partial charge on any atom is -0.198 e. The van der Waals surface area contributed by atoms with Crippen molar-refractivity contribution in [2.24, 2.45) is 5.41 Å². The van der Waals surface area contributed by atoms with Crippen LogP contribution in [0.3, 0.4) is 0 Å². The summed E-state index contributed by atoms with van der Waals surface area (Å²) in [6.07, 6.45) is 7.88. The lowest BCUT2D eigenvalue weighted by Gasteiger charge is -2.34. The van der Waals surface area contributed by atoms with Crippen molar-refractivity contribution in [3.8, 4) is 6.07 Å². The van der Waals surface area contributed by atoms with Gasteiger partial charge in [0.25, 0.3) is 0 Å². The molecule has 1 rings (SSSR count). The largest absolute Gasteiger partial charge is 0.198 e. The van der Waals surface area contributed by atoms with Crippen molar-refractivity contribution >= 4 is 0 Å². The molecule has 0 aliphatic heterocycles. The van der Waals surface area contributed by atoms with Crippen LogP contribution in [-0.4, -0.2) is 0 Å². The molecule has 1 heteroatoms. The van der Waals surface area contributed by atoms with Crippen LogP contribution >= 0.6 is 0 Å². The van der Waals surface area contributed by atoms with Gasteiger partial charge in [-0.3, -0.25) is 0 Å². The first kappa shape index (κ1) is 9.32. The molecular formula is C11H17N. The Balaban J connectivity index is 2.31. The maximum atomic E-state index is 8.93. The van der Waals surface area contributed by atoms with Gasteiger partial charge in [-0.25, -0.2) is 0 Å². The molecule has 0 saturated heterocycles. The van der Waals surface area contributed by atoms with Gasteiger partial charge in [-0.15, -0.1) is 0 Å². The molecule has 1 aliphatic carbocycles. The molecule has 0 heterocycles. The first-order valence-corrected chi connectivity index (χ1v) is 4.73. The third-order valence-electron chi connectivity index (χ3n) is 2.72. The number of rotatable bonds is 3. The fourth-order valence-corrected chi connectivity index (χ4v) is 1.66. The van der Waals surface area contributed by atoms with Crippen molar-refractivity contribution in [3.63, 3.8) is 0 Å². The second-order valence-electron chi connectivity index (χ2n) is 4.07. The predicted molar refractivity (Wildman–Crippen MR) is 50.6 cm³/mol. The molecule has 0 radical (unpaired) electrons. The quantitative estimate of drug-likeness (QED) is 0.585. The van der Waals surface area contributed by atoms with E-state index < -0.39 is 0 Å². The maximum Gasteiger partial charge on any atom is 0.0689 e. The Morgan fingerprint density at radius 1 is 1.50 bits per heavy atom. The van der Waals surface area contributed by atoms with E-state index in [4.69, 9.17) is 5.26 Å². The highest BCUT2D eigenvalue weighted by molar-refractivity contribution is 5.06. The molecule has 66 valence electrons. The molecule has 0 atom stereocenters. The van der Waals surface area contributed by atoms with Crippen molar-refractivity contribution in [3.05, 3.63) is 11.6 Å². The zero-order valence-corrected chi connectivity index (χ0v) is 8.06. The molecule has 0 N–H and O–H groups in total. The van der Waals surface area contributed by atoms with E-state index in [1.165, 1.54) is 12.0 Å². The van der Waals surface area contributed by atoms with Gasteiger partial charge in [-0.1, -0.05) is 18.1 Å². The van der Waals surface area contributed by atoms with Crippen LogP contribution in [0.4, 0.5) is 0 Å². The Labute approximate surface area is 75.1 Å². The summed E-state index contributed by atoms with van der Waals surface area (Å²) in [5.74, 6) is 0. The van der Waals surface area contributed by atoms with Gasteiger partial charge in [0.1, 0.15) is 0 Å². The molecular weight excluding hydrogens is 146 g/mol. The number of hydrogen-bond donors (Lipinski definition) is 0. The van der Waals surface area contributed by atoms with Gasteiger partial charge in [-0.2, -0.15) is 5.26 Å². The van der Waals surface area contributed by atoms with Crippen LogP contribution in [-0.2, 0) is 0 Å². The SMILES string of the molecule is CC(C)=CCCC1(C#N)CCC1. The second kappa shape index (κ2) is 3.76. The zero-order valence-electron chi connectivity index (χ0n) is 8.06. The van der Waals surface area contributed by atoms with Crippen LogP contribution in [0.5, 0.6) is 0 Å². The Kier molecular flexibility index (Phi) is 2.92. The summed E-state index contributed by atoms with van der Waals surface area (Å²) in [4.78, 5) is 0. The van der Waals surface area contributed by atoms with Crippen molar-refractivity contribution in [1.29, 1.82) is 5.26 Å². The molecule has 0 spiro atoms. The summed E-state index contributed by atoms with van der Waals surface area (Å²) in [6, 6.07) is 2.46. The van der Waals surface area contributed by atoms with Gasteiger partial charge in [0.15, 0.2) is 0 Å². The molecule has 12 heavy (non-hydrogen) atoms. The predicted octanol–water partition coefficient (Wildman–Crippen LogP) is 3.43. The molecule has 0 unspecified atom stereocenters. The summed E-state index contributed by atoms with van der Waals surface area (Å²) in [7, 11) is 0. The molecule has 1 nitrogen and oxygen atoms in total. The summed E-state index contributed by atoms with van der Waals surface area (Å²) in [6.45, 7) is 4.22. The van der Waals surface area contributed by atoms with Gasteiger partial charge in [0.05, 0.1) is 11.5 Å². The van der Waals surface area contributed by atoms with Crippen LogP contribution < -0.4 is 0 Å². The normalized spacial score (nSPS) is 19.1. The second-order valence-corrected chi connectivity index (χ2v) is 4.07. The molecule has 1 aliphatic rings. The topological polar surface area (TPSA) is 23.8 Å². The lowest BCUT2D eigenvalue weighted by Crippen LogP contribution is -2.26. The average Bonchev–Trinajstić information content (AvgIpc) is 1.94. The van der Waals surface area contributed by atoms with E-state index in [0.29, 0.717) is 0 Å². The Morgan fingerprint density at radius 3 is 2.50 bits per heavy atom. The van der Waals surface area contributed by atoms with Crippen LogP contribution in [0.25, 0.3) is 0 Å². The number of hydrogen-bond acceptors (Lipinski definition) is 1. The van der Waals surface area contributed by atoms with Crippen LogP contribution in [0, 0.1) is 16.7 Å². The summed E-state index contributed by atoms with van der Waals surface area (Å²) in [5.41, 5.74) is 1.42. The Bertz CT molecular complexity index is 212. The number of nitriles is 1. The van der Waals surface area contributed by atoms with Crippen LogP contribution in [0.15, 0.2) is 11.6 Å². The van der Waals surface area contributed by atoms with Crippen molar-refractivity contribution in [2.75, 3.05) is 0 Å². The lowest BCUT2D eigenvalue weighted by molar-refractivity contribution is 0.199. The van der Waals surface area contributed by atoms with Gasteiger partial charge < -0.3 is 0 Å². The molecule has 0 amide bonds. The molecule has 0 aromatic heterocycles. The fraction of sp³-hybridized carbons (Fsp3) is 0.727. The molecule has 1 saturated carbocycles. The number of nitrogens with zero attached hydrogens (tertiary/aromatic N) is 1. The standard InChI is InChI=1S/C11H17N/c1-10(2)5-3-6-11(9-12)7-4-8-11/h5H,3-4,6-8H2,1-2H3. The van der Waals surface area contributed by atoms with Crippen molar-refractivity contribution < 1.29 is 0 Å². The highest BCUT2D eigenvalue weighted by Crippen LogP contribution is 2.44. The van der Waals surface area contributed by atoms with E-state index in [1.54, 1.807) is 0 Å². The monoisotopic (exact) mass is 163 g/mol. The van der Waals surface area contributed by atoms with Crippen LogP contribution in [0.1, 0.15) is 46.0 Å². The summed E-state index contributed by atoms with van der Waals surface area (Å²) in [5, 5.41) is 8.93. The van der Waals surface area contributed by atoms with E-state index in [-0.39, 0.29) is 5.41 Å². The van der Waals surface area contributed by atoms with Crippen molar-refractivity contribution in [2.45, 2.75) is 46.0 Å². The zero-order chi connectivity index (χ0) is 9.03. The third kappa shape index (κ3) is 2.11. The highest BCUT2D eigenvalue weighted by atomic mass is 14.4. The van der Waals surface area contributed by atoms with E-state index in [9.17, 15) is 0 Å². The van der Waals surface area contributed by atoms with E-state index in [2.05, 4.69) is 26.0 Å². The van der Waals surface area contributed by atoms with Gasteiger partial charge in [0.2, 0.25) is 0 Å². The summed E-state index contributed by atoms with van der Waals surface area (Å²) < 4.78 is 0. The molecule has 0 aromatic rings. The fourth-order valence-electron chi connectivity index (χ4n) is 1.66. The van der Waals surface area contributed by atoms with E-state index in [1.807, 2.05) is 0 Å². The number of allylic oxidation sites excluding steroid dienone is 2. The molecule has 1 fully saturated rings. The molecule has 0 bridgehead atoms. The van der Waals surface area contributed by atoms with Crippen molar-refractivity contribution in [1.82, 2.24) is 0 Å². The highest BCUT2D eigenvalue weighted by Gasteiger charge is 2.35. The van der Waals surface area contributed by atoms with E-state index in [0.717, 1.165) is 25.7 Å². The van der Waals surface area contributed by atoms with Crippen LogP contribution in [0.2, 0.25) is 0 Å². The summed E-state index contributed by atoms with van der Waals surface area (Å²) >= 11 is 0. The lowest BCUT2D eigenvalue weighted by atomic mass is 9.67. The Morgan fingerprint density at radius 2 is 2.17 bits per heavy atom. The maximum absolute atomic E-state index is 8.93. The van der Waals surface area contributed by atoms with Gasteiger partial charge in [0, 0.05) is 0 Å².